The van der Waals surface area contributed by atoms with Crippen LogP contribution in [-0.4, -0.2) is 33.0 Å². The molecular weight excluding hydrogens is 513 g/mol. The van der Waals surface area contributed by atoms with E-state index in [1.165, 1.54) is 39.5 Å². The van der Waals surface area contributed by atoms with E-state index in [1.807, 2.05) is 13.8 Å². The highest BCUT2D eigenvalue weighted by atomic mass is 19.4. The van der Waals surface area contributed by atoms with Gasteiger partial charge in [0.15, 0.2) is 17.3 Å². The van der Waals surface area contributed by atoms with Gasteiger partial charge in [0.1, 0.15) is 0 Å². The Labute approximate surface area is 225 Å². The van der Waals surface area contributed by atoms with Crippen LogP contribution in [0.4, 0.5) is 18.9 Å². The van der Waals surface area contributed by atoms with Gasteiger partial charge in [-0.25, -0.2) is 0 Å². The molecule has 10 heteroatoms. The number of hydrogen-bond acceptors (Lipinski definition) is 6. The summed E-state index contributed by atoms with van der Waals surface area (Å²) in [5.41, 5.74) is 0.459. The van der Waals surface area contributed by atoms with E-state index in [1.54, 1.807) is 19.1 Å². The van der Waals surface area contributed by atoms with Gasteiger partial charge in [0, 0.05) is 34.9 Å². The van der Waals surface area contributed by atoms with Gasteiger partial charge < -0.3 is 24.8 Å². The van der Waals surface area contributed by atoms with Crippen LogP contribution >= 0.6 is 0 Å². The van der Waals surface area contributed by atoms with E-state index in [4.69, 9.17) is 14.2 Å². The van der Waals surface area contributed by atoms with Crippen molar-refractivity contribution in [1.29, 1.82) is 0 Å². The first-order chi connectivity index (χ1) is 18.3. The smallest absolute Gasteiger partial charge is 0.418 e. The van der Waals surface area contributed by atoms with Crippen molar-refractivity contribution in [3.63, 3.8) is 0 Å². The number of rotatable bonds is 6. The summed E-state index contributed by atoms with van der Waals surface area (Å²) in [7, 11) is 4.36. The molecule has 1 aliphatic carbocycles. The van der Waals surface area contributed by atoms with Crippen LogP contribution in [0.5, 0.6) is 17.2 Å². The lowest BCUT2D eigenvalue weighted by atomic mass is 9.68. The topological polar surface area (TPSA) is 85.9 Å². The van der Waals surface area contributed by atoms with E-state index in [0.717, 1.165) is 6.07 Å². The largest absolute Gasteiger partial charge is 0.493 e. The Kier molecular flexibility index (Phi) is 7.42. The van der Waals surface area contributed by atoms with Gasteiger partial charge >= 0.3 is 6.18 Å². The number of para-hydroxylation sites is 1. The molecule has 2 aromatic carbocycles. The number of hydrogen-bond donors (Lipinski definition) is 2. The summed E-state index contributed by atoms with van der Waals surface area (Å²) in [4.78, 5) is 27.4. The molecule has 1 aliphatic heterocycles. The van der Waals surface area contributed by atoms with Crippen LogP contribution in [-0.2, 0) is 15.8 Å². The van der Waals surface area contributed by atoms with Crippen LogP contribution in [0.2, 0.25) is 0 Å². The Balaban J connectivity index is 1.90. The van der Waals surface area contributed by atoms with Gasteiger partial charge in [0.25, 0.3) is 5.91 Å². The van der Waals surface area contributed by atoms with E-state index < -0.39 is 23.6 Å². The lowest BCUT2D eigenvalue weighted by Crippen LogP contribution is -2.39. The molecule has 0 unspecified atom stereocenters. The maximum atomic E-state index is 13.8. The molecule has 2 aliphatic rings. The zero-order chi connectivity index (χ0) is 28.7. The minimum absolute atomic E-state index is 0.119. The van der Waals surface area contributed by atoms with Crippen molar-refractivity contribution in [1.82, 2.24) is 5.32 Å². The number of carbonyl (C=O) groups is 2. The molecular formula is C29H31F3N2O5. The summed E-state index contributed by atoms with van der Waals surface area (Å²) < 4.78 is 57.5. The summed E-state index contributed by atoms with van der Waals surface area (Å²) in [6.45, 7) is 5.64. The Hall–Kier alpha value is -3.95. The zero-order valence-corrected chi connectivity index (χ0v) is 22.6. The number of alkyl halides is 3. The van der Waals surface area contributed by atoms with E-state index >= 15 is 0 Å². The normalized spacial score (nSPS) is 18.8. The molecule has 0 saturated heterocycles. The summed E-state index contributed by atoms with van der Waals surface area (Å²) in [6.07, 6.45) is -3.87. The summed E-state index contributed by atoms with van der Waals surface area (Å²) >= 11 is 0. The molecule has 0 radical (unpaired) electrons. The molecule has 208 valence electrons. The number of benzene rings is 2. The van der Waals surface area contributed by atoms with Crippen molar-refractivity contribution in [3.05, 3.63) is 70.1 Å². The number of halogens is 3. The summed E-state index contributed by atoms with van der Waals surface area (Å²) in [5, 5.41) is 5.66. The fraction of sp³-hybridized carbons (Fsp3) is 0.379. The fourth-order valence-corrected chi connectivity index (χ4v) is 5.37. The van der Waals surface area contributed by atoms with Gasteiger partial charge in [0.05, 0.1) is 32.6 Å². The molecule has 2 N–H and O–H groups in total. The number of ketones is 1. The molecule has 0 spiro atoms. The third-order valence-electron chi connectivity index (χ3n) is 6.99. The molecule has 39 heavy (non-hydrogen) atoms. The maximum Gasteiger partial charge on any atom is 0.418 e. The van der Waals surface area contributed by atoms with Gasteiger partial charge in [-0.1, -0.05) is 26.0 Å². The highest BCUT2D eigenvalue weighted by molar-refractivity contribution is 6.10. The van der Waals surface area contributed by atoms with E-state index in [2.05, 4.69) is 10.6 Å². The second-order valence-electron chi connectivity index (χ2n) is 10.4. The molecule has 0 fully saturated rings. The number of dihydropyridines is 1. The van der Waals surface area contributed by atoms with Gasteiger partial charge in [-0.3, -0.25) is 9.59 Å². The monoisotopic (exact) mass is 544 g/mol. The third-order valence-corrected chi connectivity index (χ3v) is 6.99. The van der Waals surface area contributed by atoms with Gasteiger partial charge in [-0.15, -0.1) is 0 Å². The lowest BCUT2D eigenvalue weighted by molar-refractivity contribution is -0.137. The quantitative estimate of drug-likeness (QED) is 0.466. The van der Waals surface area contributed by atoms with Crippen molar-refractivity contribution >= 4 is 17.4 Å². The molecule has 1 amide bonds. The van der Waals surface area contributed by atoms with Crippen LogP contribution in [0.3, 0.4) is 0 Å². The predicted octanol–water partition coefficient (Wildman–Crippen LogP) is 5.97. The highest BCUT2D eigenvalue weighted by Gasteiger charge is 2.43. The number of ether oxygens (including phenoxy) is 3. The average molecular weight is 545 g/mol. The number of nitrogens with one attached hydrogen (secondary N) is 2. The molecule has 1 atom stereocenters. The Morgan fingerprint density at radius 1 is 1.03 bits per heavy atom. The lowest BCUT2D eigenvalue weighted by Gasteiger charge is -2.39. The number of allylic oxidation sites excluding steroid dienone is 3. The predicted molar refractivity (Wildman–Crippen MR) is 140 cm³/mol. The summed E-state index contributed by atoms with van der Waals surface area (Å²) in [6, 6.07) is 8.07. The highest BCUT2D eigenvalue weighted by Crippen LogP contribution is 2.50. The van der Waals surface area contributed by atoms with Crippen molar-refractivity contribution in [2.45, 2.75) is 45.7 Å². The van der Waals surface area contributed by atoms with Crippen molar-refractivity contribution in [2.24, 2.45) is 5.41 Å². The number of amides is 1. The van der Waals surface area contributed by atoms with Crippen LogP contribution in [0.1, 0.15) is 50.7 Å². The minimum atomic E-state index is -4.67. The van der Waals surface area contributed by atoms with E-state index in [0.29, 0.717) is 46.2 Å². The number of Topliss-reactive ketones (excluding diaryl/α,β-unsaturated/α-hetero) is 1. The molecule has 2 aromatic rings. The SMILES string of the molecule is COc1cc([C@H]2C(C(=O)Nc3ccccc3C(F)(F)F)=C(C)NC3=C2C(=O)CC(C)(C)C3)cc(OC)c1OC. The second-order valence-corrected chi connectivity index (χ2v) is 10.4. The van der Waals surface area contributed by atoms with Crippen LogP contribution in [0, 0.1) is 5.41 Å². The van der Waals surface area contributed by atoms with Crippen LogP contribution < -0.4 is 24.8 Å². The van der Waals surface area contributed by atoms with Crippen molar-refractivity contribution < 1.29 is 37.0 Å². The average Bonchev–Trinajstić information content (AvgIpc) is 2.85. The fourth-order valence-electron chi connectivity index (χ4n) is 5.37. The van der Waals surface area contributed by atoms with Crippen molar-refractivity contribution in [2.75, 3.05) is 26.6 Å². The van der Waals surface area contributed by atoms with Gasteiger partial charge in [0.2, 0.25) is 5.75 Å². The van der Waals surface area contributed by atoms with Crippen molar-refractivity contribution in [3.8, 4) is 17.2 Å². The second kappa shape index (κ2) is 10.3. The standard InChI is InChI=1S/C29H31F3N2O5/c1-15-23(27(36)34-18-10-8-7-9-17(18)29(30,31)32)24(25-19(33-15)13-28(2,3)14-20(25)35)16-11-21(37-4)26(39-6)22(12-16)38-5/h7-12,24,33H,13-14H2,1-6H3,(H,34,36)/t24-/m0/s1. The van der Waals surface area contributed by atoms with Crippen LogP contribution in [0.25, 0.3) is 0 Å². The number of carbonyl (C=O) groups excluding carboxylic acids is 2. The molecule has 1 heterocycles. The van der Waals surface area contributed by atoms with E-state index in [9.17, 15) is 22.8 Å². The van der Waals surface area contributed by atoms with Gasteiger partial charge in [-0.05, 0) is 48.6 Å². The molecule has 0 aromatic heterocycles. The first-order valence-electron chi connectivity index (χ1n) is 12.3. The molecule has 0 saturated carbocycles. The number of methoxy groups -OCH3 is 3. The Morgan fingerprint density at radius 3 is 2.21 bits per heavy atom. The Bertz CT molecular complexity index is 1370. The third kappa shape index (κ3) is 5.32. The Morgan fingerprint density at radius 2 is 1.64 bits per heavy atom. The molecule has 7 nitrogen and oxygen atoms in total. The first kappa shape index (κ1) is 28.1. The molecule has 0 bridgehead atoms. The first-order valence-corrected chi connectivity index (χ1v) is 12.3. The minimum Gasteiger partial charge on any atom is -0.493 e. The van der Waals surface area contributed by atoms with E-state index in [-0.39, 0.29) is 28.9 Å². The molecule has 4 rings (SSSR count). The zero-order valence-electron chi connectivity index (χ0n) is 22.6. The van der Waals surface area contributed by atoms with Crippen LogP contribution in [0.15, 0.2) is 58.9 Å². The summed E-state index contributed by atoms with van der Waals surface area (Å²) in [5.74, 6) is -0.849. The number of anilines is 1. The van der Waals surface area contributed by atoms with Gasteiger partial charge in [-0.2, -0.15) is 13.2 Å². The maximum absolute atomic E-state index is 13.8.